The van der Waals surface area contributed by atoms with Crippen LogP contribution in [0.1, 0.15) is 0 Å². The zero-order valence-corrected chi connectivity index (χ0v) is 6.93. The summed E-state index contributed by atoms with van der Waals surface area (Å²) in [5.41, 5.74) is 0.534. The first kappa shape index (κ1) is 7.93. The minimum absolute atomic E-state index is 0.135. The molecule has 0 aliphatic rings. The lowest BCUT2D eigenvalue weighted by Crippen LogP contribution is -2.10. The van der Waals surface area contributed by atoms with E-state index in [2.05, 4.69) is 15.1 Å². The number of fused-ring (bicyclic) bond motifs is 1. The van der Waals surface area contributed by atoms with Gasteiger partial charge in [0.25, 0.3) is 0 Å². The van der Waals surface area contributed by atoms with Gasteiger partial charge in [-0.2, -0.15) is 5.10 Å². The molecule has 0 spiro atoms. The number of hydrogen-bond donors (Lipinski definition) is 1. The van der Waals surface area contributed by atoms with Crippen LogP contribution in [0, 0.1) is 0 Å². The smallest absolute Gasteiger partial charge is 0.434 e. The molecule has 0 fully saturated rings. The van der Waals surface area contributed by atoms with E-state index in [9.17, 15) is 4.79 Å². The van der Waals surface area contributed by atoms with Gasteiger partial charge >= 0.3 is 6.09 Å². The second kappa shape index (κ2) is 2.67. The highest BCUT2D eigenvalue weighted by molar-refractivity contribution is 6.29. The van der Waals surface area contributed by atoms with Gasteiger partial charge in [-0.05, 0) is 0 Å². The Hall–Kier alpha value is -1.69. The van der Waals surface area contributed by atoms with Crippen molar-refractivity contribution in [3.8, 4) is 0 Å². The largest absolute Gasteiger partial charge is 0.463 e. The molecule has 2 aromatic rings. The molecule has 0 amide bonds. The van der Waals surface area contributed by atoms with Crippen molar-refractivity contribution in [3.05, 3.63) is 17.5 Å². The van der Waals surface area contributed by atoms with Crippen LogP contribution in [-0.4, -0.2) is 30.9 Å². The number of aromatic nitrogens is 4. The van der Waals surface area contributed by atoms with Crippen LogP contribution in [0.2, 0.25) is 5.15 Å². The Morgan fingerprint density at radius 3 is 3.00 bits per heavy atom. The molecule has 6 nitrogen and oxygen atoms in total. The van der Waals surface area contributed by atoms with Crippen LogP contribution in [0.15, 0.2) is 12.4 Å². The lowest BCUT2D eigenvalue weighted by Gasteiger charge is -1.93. The molecule has 0 aliphatic heterocycles. The molecule has 66 valence electrons. The molecule has 2 rings (SSSR count). The molecule has 0 unspecified atom stereocenters. The second-order valence-corrected chi connectivity index (χ2v) is 2.63. The Bertz CT molecular complexity index is 480. The van der Waals surface area contributed by atoms with Gasteiger partial charge < -0.3 is 5.11 Å². The van der Waals surface area contributed by atoms with Gasteiger partial charge in [0.1, 0.15) is 10.7 Å². The molecule has 13 heavy (non-hydrogen) atoms. The zero-order chi connectivity index (χ0) is 9.42. The van der Waals surface area contributed by atoms with E-state index in [1.165, 1.54) is 12.4 Å². The first-order chi connectivity index (χ1) is 6.18. The van der Waals surface area contributed by atoms with Gasteiger partial charge in [0.05, 0.1) is 12.4 Å². The third-order valence-electron chi connectivity index (χ3n) is 1.43. The van der Waals surface area contributed by atoms with Crippen molar-refractivity contribution in [3.63, 3.8) is 0 Å². The van der Waals surface area contributed by atoms with Gasteiger partial charge in [-0.3, -0.25) is 0 Å². The molecule has 0 aromatic carbocycles. The van der Waals surface area contributed by atoms with Crippen LogP contribution in [0.3, 0.4) is 0 Å². The zero-order valence-electron chi connectivity index (χ0n) is 6.18. The summed E-state index contributed by atoms with van der Waals surface area (Å²) in [4.78, 5) is 18.2. The van der Waals surface area contributed by atoms with Gasteiger partial charge in [-0.1, -0.05) is 11.6 Å². The Kier molecular flexibility index (Phi) is 1.63. The number of carboxylic acid groups (broad SMARTS) is 1. The summed E-state index contributed by atoms with van der Waals surface area (Å²) < 4.78 is 0.716. The predicted octanol–water partition coefficient (Wildman–Crippen LogP) is 1.01. The van der Waals surface area contributed by atoms with Gasteiger partial charge in [0.15, 0.2) is 5.65 Å². The summed E-state index contributed by atoms with van der Waals surface area (Å²) in [5.74, 6) is 0. The minimum atomic E-state index is -1.22. The van der Waals surface area contributed by atoms with Crippen molar-refractivity contribution >= 4 is 28.9 Å². The predicted molar refractivity (Wildman–Crippen MR) is 43.8 cm³/mol. The Morgan fingerprint density at radius 2 is 2.31 bits per heavy atom. The molecule has 2 aromatic heterocycles. The highest BCUT2D eigenvalue weighted by atomic mass is 35.5. The normalized spacial score (nSPS) is 10.5. The van der Waals surface area contributed by atoms with Gasteiger partial charge in [0.2, 0.25) is 0 Å². The van der Waals surface area contributed by atoms with E-state index in [4.69, 9.17) is 16.7 Å². The fraction of sp³-hybridized carbons (Fsp3) is 0. The van der Waals surface area contributed by atoms with Gasteiger partial charge in [0, 0.05) is 0 Å². The fourth-order valence-electron chi connectivity index (χ4n) is 0.922. The molecule has 0 aliphatic carbocycles. The third-order valence-corrected chi connectivity index (χ3v) is 1.61. The maximum Gasteiger partial charge on any atom is 0.434 e. The molecule has 1 N–H and O–H groups in total. The molecule has 2 heterocycles. The van der Waals surface area contributed by atoms with Crippen LogP contribution < -0.4 is 0 Å². The number of halogens is 1. The minimum Gasteiger partial charge on any atom is -0.463 e. The first-order valence-corrected chi connectivity index (χ1v) is 3.66. The molecule has 0 radical (unpaired) electrons. The van der Waals surface area contributed by atoms with Crippen molar-refractivity contribution in [2.24, 2.45) is 0 Å². The molecule has 0 saturated heterocycles. The van der Waals surface area contributed by atoms with E-state index < -0.39 is 6.09 Å². The Morgan fingerprint density at radius 1 is 1.54 bits per heavy atom. The maximum absolute atomic E-state index is 10.6. The quantitative estimate of drug-likeness (QED) is 0.683. The highest BCUT2D eigenvalue weighted by Gasteiger charge is 2.10. The van der Waals surface area contributed by atoms with Crippen LogP contribution in [-0.2, 0) is 0 Å². The monoisotopic (exact) mass is 198 g/mol. The Balaban J connectivity index is 2.79. The van der Waals surface area contributed by atoms with Gasteiger partial charge in [-0.25, -0.2) is 14.8 Å². The fourth-order valence-corrected chi connectivity index (χ4v) is 1.05. The van der Waals surface area contributed by atoms with Crippen LogP contribution in [0.5, 0.6) is 0 Å². The van der Waals surface area contributed by atoms with E-state index in [-0.39, 0.29) is 10.8 Å². The summed E-state index contributed by atoms with van der Waals surface area (Å²) >= 11 is 5.54. The number of carbonyl (C=O) groups is 1. The molecule has 0 bridgehead atoms. The number of nitrogens with zero attached hydrogens (tertiary/aromatic N) is 4. The van der Waals surface area contributed by atoms with E-state index >= 15 is 0 Å². The standard InChI is InChI=1S/C6H3ClN4O2/c7-4-2-8-3-1-9-11(6(12)13)5(3)10-4/h1-2H,(H,12,13). The van der Waals surface area contributed by atoms with Crippen LogP contribution >= 0.6 is 11.6 Å². The van der Waals surface area contributed by atoms with Crippen molar-refractivity contribution in [1.82, 2.24) is 19.7 Å². The number of rotatable bonds is 0. The summed E-state index contributed by atoms with van der Waals surface area (Å²) in [7, 11) is 0. The van der Waals surface area contributed by atoms with Crippen molar-refractivity contribution in [2.75, 3.05) is 0 Å². The van der Waals surface area contributed by atoms with Crippen LogP contribution in [0.25, 0.3) is 11.2 Å². The maximum atomic E-state index is 10.6. The van der Waals surface area contributed by atoms with E-state index in [1.807, 2.05) is 0 Å². The summed E-state index contributed by atoms with van der Waals surface area (Å²) in [6, 6.07) is 0. The topological polar surface area (TPSA) is 80.9 Å². The summed E-state index contributed by atoms with van der Waals surface area (Å²) in [6.45, 7) is 0. The molecule has 7 heteroatoms. The average molecular weight is 199 g/mol. The second-order valence-electron chi connectivity index (χ2n) is 2.24. The Labute approximate surface area is 76.8 Å². The molecular formula is C6H3ClN4O2. The summed E-state index contributed by atoms with van der Waals surface area (Å²) in [6.07, 6.45) is 1.43. The third kappa shape index (κ3) is 1.20. The van der Waals surface area contributed by atoms with Gasteiger partial charge in [-0.15, -0.1) is 4.68 Å². The average Bonchev–Trinajstić information content (AvgIpc) is 2.46. The van der Waals surface area contributed by atoms with E-state index in [1.54, 1.807) is 0 Å². The molecule has 0 saturated carbocycles. The summed E-state index contributed by atoms with van der Waals surface area (Å²) in [5, 5.41) is 12.4. The van der Waals surface area contributed by atoms with E-state index in [0.29, 0.717) is 10.2 Å². The lowest BCUT2D eigenvalue weighted by atomic mass is 10.5. The van der Waals surface area contributed by atoms with E-state index in [0.717, 1.165) is 0 Å². The first-order valence-electron chi connectivity index (χ1n) is 3.28. The van der Waals surface area contributed by atoms with Crippen LogP contribution in [0.4, 0.5) is 4.79 Å². The lowest BCUT2D eigenvalue weighted by molar-refractivity contribution is 0.194. The highest BCUT2D eigenvalue weighted by Crippen LogP contribution is 2.10. The SMILES string of the molecule is O=C(O)n1ncc2ncc(Cl)nc21. The van der Waals surface area contributed by atoms with Crippen molar-refractivity contribution in [1.29, 1.82) is 0 Å². The van der Waals surface area contributed by atoms with Crippen molar-refractivity contribution in [2.45, 2.75) is 0 Å². The molecule has 0 atom stereocenters. The molecular weight excluding hydrogens is 196 g/mol. The number of hydrogen-bond acceptors (Lipinski definition) is 4. The van der Waals surface area contributed by atoms with Crippen molar-refractivity contribution < 1.29 is 9.90 Å².